The molecule has 0 aromatic carbocycles. The van der Waals surface area contributed by atoms with Gasteiger partial charge in [0.15, 0.2) is 0 Å². The SMILES string of the molecule is O=C([C@H]1CCCO1)N1CCC2(CCCC2)CC1. The number of piperidine rings is 1. The van der Waals surface area contributed by atoms with Gasteiger partial charge in [0.25, 0.3) is 5.91 Å². The molecular formula is C14H23NO2. The molecule has 0 unspecified atom stereocenters. The molecule has 0 N–H and O–H groups in total. The molecule has 17 heavy (non-hydrogen) atoms. The Morgan fingerprint density at radius 1 is 1.06 bits per heavy atom. The molecule has 0 bridgehead atoms. The van der Waals surface area contributed by atoms with Crippen LogP contribution in [0.1, 0.15) is 51.4 Å². The molecular weight excluding hydrogens is 214 g/mol. The third kappa shape index (κ3) is 2.22. The molecule has 1 atom stereocenters. The number of nitrogens with zero attached hydrogens (tertiary/aromatic N) is 1. The van der Waals surface area contributed by atoms with Gasteiger partial charge in [-0.25, -0.2) is 0 Å². The normalized spacial score (nSPS) is 32.2. The van der Waals surface area contributed by atoms with Gasteiger partial charge in [0.2, 0.25) is 0 Å². The van der Waals surface area contributed by atoms with Crippen molar-refractivity contribution in [3.05, 3.63) is 0 Å². The lowest BCUT2D eigenvalue weighted by molar-refractivity contribution is -0.143. The first kappa shape index (κ1) is 11.5. The molecule has 0 radical (unpaired) electrons. The summed E-state index contributed by atoms with van der Waals surface area (Å²) >= 11 is 0. The molecule has 0 aromatic heterocycles. The van der Waals surface area contributed by atoms with Crippen LogP contribution in [0, 0.1) is 5.41 Å². The molecule has 96 valence electrons. The first-order valence-corrected chi connectivity index (χ1v) is 7.20. The van der Waals surface area contributed by atoms with Crippen molar-refractivity contribution >= 4 is 5.91 Å². The van der Waals surface area contributed by atoms with Gasteiger partial charge >= 0.3 is 0 Å². The average molecular weight is 237 g/mol. The molecule has 3 aliphatic rings. The molecule has 2 heterocycles. The van der Waals surface area contributed by atoms with Gasteiger partial charge in [0.1, 0.15) is 6.10 Å². The minimum atomic E-state index is -0.118. The maximum atomic E-state index is 12.2. The standard InChI is InChI=1S/C14H23NO2/c16-13(12-4-3-11-17-12)15-9-7-14(8-10-15)5-1-2-6-14/h12H,1-11H2/t12-/m1/s1. The van der Waals surface area contributed by atoms with Gasteiger partial charge in [-0.1, -0.05) is 12.8 Å². The van der Waals surface area contributed by atoms with Crippen molar-refractivity contribution in [1.82, 2.24) is 4.90 Å². The minimum absolute atomic E-state index is 0.118. The Morgan fingerprint density at radius 3 is 2.35 bits per heavy atom. The second-order valence-corrected chi connectivity index (χ2v) is 6.03. The summed E-state index contributed by atoms with van der Waals surface area (Å²) in [6.07, 6.45) is 9.92. The summed E-state index contributed by atoms with van der Waals surface area (Å²) in [7, 11) is 0. The van der Waals surface area contributed by atoms with Crippen LogP contribution in [-0.4, -0.2) is 36.6 Å². The number of carbonyl (C=O) groups is 1. The van der Waals surface area contributed by atoms with E-state index in [0.717, 1.165) is 32.5 Å². The Bertz CT molecular complexity index is 281. The third-order valence-electron chi connectivity index (χ3n) is 5.01. The summed E-state index contributed by atoms with van der Waals surface area (Å²) in [5.74, 6) is 0.260. The van der Waals surface area contributed by atoms with E-state index in [1.807, 2.05) is 0 Å². The van der Waals surface area contributed by atoms with E-state index in [0.29, 0.717) is 5.41 Å². The fraction of sp³-hybridized carbons (Fsp3) is 0.929. The van der Waals surface area contributed by atoms with E-state index in [1.54, 1.807) is 0 Å². The first-order valence-electron chi connectivity index (χ1n) is 7.20. The quantitative estimate of drug-likeness (QED) is 0.700. The van der Waals surface area contributed by atoms with Crippen LogP contribution in [0.15, 0.2) is 0 Å². The zero-order chi connectivity index (χ0) is 11.7. The third-order valence-corrected chi connectivity index (χ3v) is 5.01. The molecule has 3 heteroatoms. The van der Waals surface area contributed by atoms with Crippen LogP contribution >= 0.6 is 0 Å². The van der Waals surface area contributed by atoms with Gasteiger partial charge in [-0.3, -0.25) is 4.79 Å². The predicted octanol–water partition coefficient (Wildman–Crippen LogP) is 2.35. The average Bonchev–Trinajstić information content (AvgIpc) is 3.01. The molecule has 2 aliphatic heterocycles. The van der Waals surface area contributed by atoms with E-state index in [4.69, 9.17) is 4.74 Å². The fourth-order valence-electron chi connectivity index (χ4n) is 3.80. The summed E-state index contributed by atoms with van der Waals surface area (Å²) in [6, 6.07) is 0. The monoisotopic (exact) mass is 237 g/mol. The van der Waals surface area contributed by atoms with Crippen LogP contribution in [0.2, 0.25) is 0 Å². The Balaban J connectivity index is 1.55. The number of hydrogen-bond acceptors (Lipinski definition) is 2. The largest absolute Gasteiger partial charge is 0.368 e. The molecule has 1 amide bonds. The highest BCUT2D eigenvalue weighted by molar-refractivity contribution is 5.81. The van der Waals surface area contributed by atoms with E-state index in [-0.39, 0.29) is 12.0 Å². The van der Waals surface area contributed by atoms with Crippen molar-refractivity contribution < 1.29 is 9.53 Å². The molecule has 0 aromatic rings. The lowest BCUT2D eigenvalue weighted by atomic mass is 9.77. The van der Waals surface area contributed by atoms with Gasteiger partial charge < -0.3 is 9.64 Å². The summed E-state index contributed by atoms with van der Waals surface area (Å²) < 4.78 is 5.49. The maximum Gasteiger partial charge on any atom is 0.251 e. The van der Waals surface area contributed by atoms with E-state index in [9.17, 15) is 4.79 Å². The zero-order valence-corrected chi connectivity index (χ0v) is 10.6. The fourth-order valence-corrected chi connectivity index (χ4v) is 3.80. The van der Waals surface area contributed by atoms with Crippen molar-refractivity contribution in [2.75, 3.05) is 19.7 Å². The minimum Gasteiger partial charge on any atom is -0.368 e. The van der Waals surface area contributed by atoms with E-state index in [1.165, 1.54) is 38.5 Å². The summed E-state index contributed by atoms with van der Waals surface area (Å²) in [4.78, 5) is 14.3. The number of ether oxygens (including phenoxy) is 1. The molecule has 1 saturated carbocycles. The second-order valence-electron chi connectivity index (χ2n) is 6.03. The summed E-state index contributed by atoms with van der Waals surface area (Å²) in [5, 5.41) is 0. The highest BCUT2D eigenvalue weighted by Gasteiger charge is 2.39. The summed E-state index contributed by atoms with van der Waals surface area (Å²) in [5.41, 5.74) is 0.604. The number of likely N-dealkylation sites (tertiary alicyclic amines) is 1. The van der Waals surface area contributed by atoms with Gasteiger partial charge in [0.05, 0.1) is 0 Å². The van der Waals surface area contributed by atoms with Crippen LogP contribution in [-0.2, 0) is 9.53 Å². The van der Waals surface area contributed by atoms with E-state index >= 15 is 0 Å². The molecule has 3 fully saturated rings. The molecule has 2 saturated heterocycles. The lowest BCUT2D eigenvalue weighted by Crippen LogP contribution is -2.46. The Hall–Kier alpha value is -0.570. The zero-order valence-electron chi connectivity index (χ0n) is 10.6. The molecule has 3 rings (SSSR count). The topological polar surface area (TPSA) is 29.5 Å². The number of hydrogen-bond donors (Lipinski definition) is 0. The number of carbonyl (C=O) groups excluding carboxylic acids is 1. The molecule has 1 aliphatic carbocycles. The Kier molecular flexibility index (Phi) is 3.12. The van der Waals surface area contributed by atoms with Crippen LogP contribution in [0.4, 0.5) is 0 Å². The number of rotatable bonds is 1. The van der Waals surface area contributed by atoms with Crippen molar-refractivity contribution in [3.63, 3.8) is 0 Å². The van der Waals surface area contributed by atoms with E-state index < -0.39 is 0 Å². The molecule has 1 spiro atoms. The first-order chi connectivity index (χ1) is 8.29. The van der Waals surface area contributed by atoms with Gasteiger partial charge in [-0.2, -0.15) is 0 Å². The second kappa shape index (κ2) is 4.60. The molecule has 3 nitrogen and oxygen atoms in total. The van der Waals surface area contributed by atoms with E-state index in [2.05, 4.69) is 4.90 Å². The van der Waals surface area contributed by atoms with Crippen LogP contribution in [0.25, 0.3) is 0 Å². The van der Waals surface area contributed by atoms with Crippen molar-refractivity contribution in [1.29, 1.82) is 0 Å². The Labute approximate surface area is 104 Å². The van der Waals surface area contributed by atoms with Crippen LogP contribution < -0.4 is 0 Å². The van der Waals surface area contributed by atoms with Crippen LogP contribution in [0.5, 0.6) is 0 Å². The van der Waals surface area contributed by atoms with Crippen molar-refractivity contribution in [3.8, 4) is 0 Å². The van der Waals surface area contributed by atoms with Gasteiger partial charge in [-0.05, 0) is 43.9 Å². The maximum absolute atomic E-state index is 12.2. The van der Waals surface area contributed by atoms with Crippen molar-refractivity contribution in [2.45, 2.75) is 57.5 Å². The number of amides is 1. The Morgan fingerprint density at radius 2 is 1.76 bits per heavy atom. The predicted molar refractivity (Wildman–Crippen MR) is 65.7 cm³/mol. The smallest absolute Gasteiger partial charge is 0.251 e. The highest BCUT2D eigenvalue weighted by Crippen LogP contribution is 2.46. The summed E-state index contributed by atoms with van der Waals surface area (Å²) in [6.45, 7) is 2.71. The van der Waals surface area contributed by atoms with Gasteiger partial charge in [-0.15, -0.1) is 0 Å². The van der Waals surface area contributed by atoms with Gasteiger partial charge in [0, 0.05) is 19.7 Å². The van der Waals surface area contributed by atoms with Crippen molar-refractivity contribution in [2.24, 2.45) is 5.41 Å². The van der Waals surface area contributed by atoms with Crippen LogP contribution in [0.3, 0.4) is 0 Å². The highest BCUT2D eigenvalue weighted by atomic mass is 16.5. The lowest BCUT2D eigenvalue weighted by Gasteiger charge is -2.40.